The van der Waals surface area contributed by atoms with Crippen molar-refractivity contribution in [2.24, 2.45) is 0 Å². The molecule has 3 aromatic rings. The fourth-order valence-electron chi connectivity index (χ4n) is 2.43. The Morgan fingerprint density at radius 1 is 1.04 bits per heavy atom. The molecule has 0 atom stereocenters. The second-order valence-corrected chi connectivity index (χ2v) is 7.05. The summed E-state index contributed by atoms with van der Waals surface area (Å²) in [5, 5.41) is 3.28. The second-order valence-electron chi connectivity index (χ2n) is 5.28. The van der Waals surface area contributed by atoms with Crippen molar-refractivity contribution in [1.82, 2.24) is 0 Å². The first-order valence-corrected chi connectivity index (χ1v) is 8.98. The summed E-state index contributed by atoms with van der Waals surface area (Å²) in [6.45, 7) is 0. The molecule has 1 aromatic heterocycles. The molecule has 0 saturated carbocycles. The lowest BCUT2D eigenvalue weighted by Crippen LogP contribution is -2.20. The highest BCUT2D eigenvalue weighted by Crippen LogP contribution is 2.30. The maximum atomic E-state index is 12.5. The molecule has 1 amide bonds. The fraction of sp³-hybridized carbons (Fsp3) is 0.111. The standard InChI is InChI=1S/C18H13Br2NO5/c1-24-14-4-3-11(8-15(14)25-2)21-17(22)12-6-9-5-10(19)7-13(20)16(9)26-18(12)23/h3-8H,1-2H3,(H,21,22). The molecule has 0 spiro atoms. The van der Waals surface area contributed by atoms with Crippen LogP contribution in [0.3, 0.4) is 0 Å². The van der Waals surface area contributed by atoms with Crippen LogP contribution in [0.15, 0.2) is 54.6 Å². The van der Waals surface area contributed by atoms with E-state index >= 15 is 0 Å². The molecule has 1 heterocycles. The Balaban J connectivity index is 1.98. The van der Waals surface area contributed by atoms with Gasteiger partial charge in [-0.25, -0.2) is 4.79 Å². The Labute approximate surface area is 165 Å². The number of anilines is 1. The summed E-state index contributed by atoms with van der Waals surface area (Å²) in [6, 6.07) is 9.92. The summed E-state index contributed by atoms with van der Waals surface area (Å²) in [6.07, 6.45) is 0. The molecule has 134 valence electrons. The van der Waals surface area contributed by atoms with Crippen molar-refractivity contribution in [1.29, 1.82) is 0 Å². The number of nitrogens with one attached hydrogen (secondary N) is 1. The van der Waals surface area contributed by atoms with E-state index in [0.717, 1.165) is 4.47 Å². The van der Waals surface area contributed by atoms with Gasteiger partial charge in [-0.15, -0.1) is 0 Å². The van der Waals surface area contributed by atoms with Crippen molar-refractivity contribution < 1.29 is 18.7 Å². The van der Waals surface area contributed by atoms with Gasteiger partial charge in [0.2, 0.25) is 0 Å². The van der Waals surface area contributed by atoms with Gasteiger partial charge in [-0.3, -0.25) is 4.79 Å². The molecule has 0 unspecified atom stereocenters. The summed E-state index contributed by atoms with van der Waals surface area (Å²) >= 11 is 6.71. The van der Waals surface area contributed by atoms with Crippen LogP contribution in [-0.4, -0.2) is 20.1 Å². The number of hydrogen-bond donors (Lipinski definition) is 1. The summed E-state index contributed by atoms with van der Waals surface area (Å²) in [5.41, 5.74) is 0.0132. The van der Waals surface area contributed by atoms with Crippen molar-refractivity contribution in [3.8, 4) is 11.5 Å². The zero-order valence-electron chi connectivity index (χ0n) is 13.8. The molecule has 0 saturated heterocycles. The monoisotopic (exact) mass is 481 g/mol. The molecule has 2 aromatic carbocycles. The number of amides is 1. The van der Waals surface area contributed by atoms with Crippen molar-refractivity contribution in [3.05, 3.63) is 61.3 Å². The van der Waals surface area contributed by atoms with Gasteiger partial charge in [-0.05, 0) is 46.3 Å². The van der Waals surface area contributed by atoms with Crippen LogP contribution < -0.4 is 20.4 Å². The van der Waals surface area contributed by atoms with E-state index in [1.54, 1.807) is 30.3 Å². The van der Waals surface area contributed by atoms with Crippen molar-refractivity contribution in [2.45, 2.75) is 0 Å². The van der Waals surface area contributed by atoms with Crippen LogP contribution >= 0.6 is 31.9 Å². The Morgan fingerprint density at radius 2 is 1.77 bits per heavy atom. The van der Waals surface area contributed by atoms with Gasteiger partial charge in [0.05, 0.1) is 18.7 Å². The zero-order chi connectivity index (χ0) is 18.8. The fourth-order valence-corrected chi connectivity index (χ4v) is 3.77. The molecule has 0 bridgehead atoms. The SMILES string of the molecule is COc1ccc(NC(=O)c2cc3cc(Br)cc(Br)c3oc2=O)cc1OC. The molecule has 8 heteroatoms. The van der Waals surface area contributed by atoms with Crippen LogP contribution in [0.25, 0.3) is 11.0 Å². The van der Waals surface area contributed by atoms with Gasteiger partial charge >= 0.3 is 5.63 Å². The Morgan fingerprint density at radius 3 is 2.46 bits per heavy atom. The first-order chi connectivity index (χ1) is 12.4. The molecule has 0 fully saturated rings. The third-order valence-electron chi connectivity index (χ3n) is 3.64. The van der Waals surface area contributed by atoms with Crippen LogP contribution in [0.5, 0.6) is 11.5 Å². The Kier molecular flexibility index (Phi) is 5.33. The topological polar surface area (TPSA) is 77.8 Å². The van der Waals surface area contributed by atoms with Crippen LogP contribution in [0.4, 0.5) is 5.69 Å². The van der Waals surface area contributed by atoms with Crippen LogP contribution in [0.1, 0.15) is 10.4 Å². The van der Waals surface area contributed by atoms with E-state index in [2.05, 4.69) is 37.2 Å². The lowest BCUT2D eigenvalue weighted by Gasteiger charge is -2.10. The molecule has 0 aliphatic heterocycles. The van der Waals surface area contributed by atoms with E-state index in [-0.39, 0.29) is 5.56 Å². The Bertz CT molecular complexity index is 1060. The number of carbonyl (C=O) groups is 1. The lowest BCUT2D eigenvalue weighted by atomic mass is 10.1. The van der Waals surface area contributed by atoms with E-state index in [9.17, 15) is 9.59 Å². The molecule has 6 nitrogen and oxygen atoms in total. The number of halogens is 2. The van der Waals surface area contributed by atoms with E-state index in [4.69, 9.17) is 13.9 Å². The molecule has 0 radical (unpaired) electrons. The lowest BCUT2D eigenvalue weighted by molar-refractivity contribution is 0.102. The van der Waals surface area contributed by atoms with Gasteiger partial charge in [-0.1, -0.05) is 15.9 Å². The van der Waals surface area contributed by atoms with Gasteiger partial charge in [0.25, 0.3) is 5.91 Å². The minimum Gasteiger partial charge on any atom is -0.493 e. The zero-order valence-corrected chi connectivity index (χ0v) is 16.9. The minimum absolute atomic E-state index is 0.0997. The predicted molar refractivity (Wildman–Crippen MR) is 105 cm³/mol. The Hall–Kier alpha value is -2.32. The van der Waals surface area contributed by atoms with Crippen molar-refractivity contribution in [2.75, 3.05) is 19.5 Å². The van der Waals surface area contributed by atoms with Crippen LogP contribution in [0.2, 0.25) is 0 Å². The maximum absolute atomic E-state index is 12.5. The minimum atomic E-state index is -0.724. The number of ether oxygens (including phenoxy) is 2. The quantitative estimate of drug-likeness (QED) is 0.550. The van der Waals surface area contributed by atoms with E-state index < -0.39 is 11.5 Å². The molecule has 0 aliphatic carbocycles. The number of fused-ring (bicyclic) bond motifs is 1. The number of hydrogen-bond acceptors (Lipinski definition) is 5. The molecule has 0 aliphatic rings. The summed E-state index contributed by atoms with van der Waals surface area (Å²) in [7, 11) is 3.02. The summed E-state index contributed by atoms with van der Waals surface area (Å²) in [4.78, 5) is 24.8. The van der Waals surface area contributed by atoms with Crippen molar-refractivity contribution in [3.63, 3.8) is 0 Å². The molecular weight excluding hydrogens is 470 g/mol. The number of methoxy groups -OCH3 is 2. The smallest absolute Gasteiger partial charge is 0.349 e. The van der Waals surface area contributed by atoms with Crippen LogP contribution in [-0.2, 0) is 0 Å². The molecule has 1 N–H and O–H groups in total. The van der Waals surface area contributed by atoms with Gasteiger partial charge in [0.1, 0.15) is 5.56 Å². The summed E-state index contributed by atoms with van der Waals surface area (Å²) < 4.78 is 17.1. The van der Waals surface area contributed by atoms with Gasteiger partial charge in [-0.2, -0.15) is 0 Å². The third kappa shape index (κ3) is 3.61. The first kappa shape index (κ1) is 18.5. The van der Waals surface area contributed by atoms with E-state index in [1.807, 2.05) is 0 Å². The molecule has 26 heavy (non-hydrogen) atoms. The van der Waals surface area contributed by atoms with E-state index in [1.165, 1.54) is 20.3 Å². The molecular formula is C18H13Br2NO5. The maximum Gasteiger partial charge on any atom is 0.349 e. The second kappa shape index (κ2) is 7.51. The highest BCUT2D eigenvalue weighted by Gasteiger charge is 2.16. The number of carbonyl (C=O) groups excluding carboxylic acids is 1. The van der Waals surface area contributed by atoms with E-state index in [0.29, 0.717) is 32.6 Å². The third-order valence-corrected chi connectivity index (χ3v) is 4.68. The van der Waals surface area contributed by atoms with Gasteiger partial charge < -0.3 is 19.2 Å². The predicted octanol–water partition coefficient (Wildman–Crippen LogP) is 4.59. The number of rotatable bonds is 4. The van der Waals surface area contributed by atoms with Crippen LogP contribution in [0, 0.1) is 0 Å². The average molecular weight is 483 g/mol. The largest absolute Gasteiger partial charge is 0.493 e. The summed E-state index contributed by atoms with van der Waals surface area (Å²) in [5.74, 6) is 0.415. The van der Waals surface area contributed by atoms with Gasteiger partial charge in [0.15, 0.2) is 17.1 Å². The molecule has 3 rings (SSSR count). The van der Waals surface area contributed by atoms with Crippen molar-refractivity contribution >= 4 is 54.4 Å². The first-order valence-electron chi connectivity index (χ1n) is 7.39. The highest BCUT2D eigenvalue weighted by atomic mass is 79.9. The average Bonchev–Trinajstić information content (AvgIpc) is 2.61. The normalized spacial score (nSPS) is 10.6. The highest BCUT2D eigenvalue weighted by molar-refractivity contribution is 9.11. The van der Waals surface area contributed by atoms with Gasteiger partial charge in [0, 0.05) is 21.6 Å². The number of benzene rings is 2.